The van der Waals surface area contributed by atoms with Gasteiger partial charge in [-0.25, -0.2) is 0 Å². The van der Waals surface area contributed by atoms with Gasteiger partial charge in [0.25, 0.3) is 0 Å². The van der Waals surface area contributed by atoms with Crippen LogP contribution in [0, 0.1) is 6.92 Å². The largest absolute Gasteiger partial charge is 0.352 e. The molecule has 5 nitrogen and oxygen atoms in total. The van der Waals surface area contributed by atoms with Crippen molar-refractivity contribution in [3.05, 3.63) is 17.5 Å². The third kappa shape index (κ3) is 4.87. The lowest BCUT2D eigenvalue weighted by atomic mass is 10.1. The summed E-state index contributed by atoms with van der Waals surface area (Å²) in [6, 6.07) is 0. The van der Waals surface area contributed by atoms with Crippen molar-refractivity contribution >= 4 is 5.91 Å². The Morgan fingerprint density at radius 1 is 1.44 bits per heavy atom. The van der Waals surface area contributed by atoms with Crippen LogP contribution in [-0.4, -0.2) is 27.8 Å². The summed E-state index contributed by atoms with van der Waals surface area (Å²) >= 11 is 0. The summed E-state index contributed by atoms with van der Waals surface area (Å²) in [5, 5.41) is 10.3. The fraction of sp³-hybridized carbons (Fsp3) is 0.692. The van der Waals surface area contributed by atoms with Crippen molar-refractivity contribution in [1.29, 1.82) is 0 Å². The molecule has 0 aliphatic heterocycles. The van der Waals surface area contributed by atoms with Crippen molar-refractivity contribution in [3.63, 3.8) is 0 Å². The predicted molar refractivity (Wildman–Crippen MR) is 72.2 cm³/mol. The van der Waals surface area contributed by atoms with Crippen LogP contribution in [0.5, 0.6) is 0 Å². The normalized spacial score (nSPS) is 11.6. The van der Waals surface area contributed by atoms with Crippen LogP contribution in [-0.2, 0) is 18.4 Å². The van der Waals surface area contributed by atoms with Crippen LogP contribution in [0.25, 0.3) is 0 Å². The minimum Gasteiger partial charge on any atom is -0.352 e. The maximum absolute atomic E-state index is 11.6. The first-order valence-electron chi connectivity index (χ1n) is 6.29. The monoisotopic (exact) mass is 252 g/mol. The molecule has 2 N–H and O–H groups in total. The zero-order chi connectivity index (χ0) is 13.8. The van der Waals surface area contributed by atoms with E-state index in [1.54, 1.807) is 6.20 Å². The van der Waals surface area contributed by atoms with Gasteiger partial charge in [-0.1, -0.05) is 0 Å². The molecule has 0 spiro atoms. The fourth-order valence-corrected chi connectivity index (χ4v) is 1.55. The molecule has 0 aliphatic carbocycles. The van der Waals surface area contributed by atoms with Crippen LogP contribution in [0.4, 0.5) is 0 Å². The van der Waals surface area contributed by atoms with Gasteiger partial charge >= 0.3 is 0 Å². The van der Waals surface area contributed by atoms with Crippen LogP contribution >= 0.6 is 0 Å². The van der Waals surface area contributed by atoms with Crippen LogP contribution < -0.4 is 10.6 Å². The maximum Gasteiger partial charge on any atom is 0.221 e. The van der Waals surface area contributed by atoms with E-state index in [9.17, 15) is 4.79 Å². The molecule has 1 amide bonds. The van der Waals surface area contributed by atoms with Crippen molar-refractivity contribution in [2.75, 3.05) is 6.54 Å². The summed E-state index contributed by atoms with van der Waals surface area (Å²) in [5.74, 6) is 0.0648. The third-order valence-electron chi connectivity index (χ3n) is 2.82. The lowest BCUT2D eigenvalue weighted by Crippen LogP contribution is -2.38. The molecule has 5 heteroatoms. The zero-order valence-electron chi connectivity index (χ0n) is 12.0. The summed E-state index contributed by atoms with van der Waals surface area (Å²) in [7, 11) is 1.90. The molecule has 18 heavy (non-hydrogen) atoms. The number of aromatic nitrogens is 2. The number of carbonyl (C=O) groups excluding carboxylic acids is 1. The van der Waals surface area contributed by atoms with E-state index in [0.29, 0.717) is 19.5 Å². The van der Waals surface area contributed by atoms with Gasteiger partial charge in [0, 0.05) is 43.4 Å². The summed E-state index contributed by atoms with van der Waals surface area (Å²) in [6.45, 7) is 9.50. The SMILES string of the molecule is Cc1c(CNC(=O)CCNC(C)(C)C)cnn1C. The molecule has 0 fully saturated rings. The molecule has 0 bridgehead atoms. The number of nitrogens with zero attached hydrogens (tertiary/aromatic N) is 2. The summed E-state index contributed by atoms with van der Waals surface area (Å²) < 4.78 is 1.81. The van der Waals surface area contributed by atoms with Crippen molar-refractivity contribution in [2.24, 2.45) is 7.05 Å². The Labute approximate surface area is 109 Å². The number of carbonyl (C=O) groups is 1. The second kappa shape index (κ2) is 6.00. The van der Waals surface area contributed by atoms with Crippen molar-refractivity contribution in [2.45, 2.75) is 46.2 Å². The third-order valence-corrected chi connectivity index (χ3v) is 2.82. The van der Waals surface area contributed by atoms with E-state index in [1.807, 2.05) is 18.7 Å². The number of amides is 1. The highest BCUT2D eigenvalue weighted by molar-refractivity contribution is 5.76. The van der Waals surface area contributed by atoms with Gasteiger partial charge in [0.15, 0.2) is 0 Å². The molecule has 1 rings (SSSR count). The smallest absolute Gasteiger partial charge is 0.221 e. The second-order valence-electron chi connectivity index (χ2n) is 5.58. The molecule has 0 aliphatic rings. The standard InChI is InChI=1S/C13H24N4O/c1-10-11(9-16-17(10)5)8-14-12(18)6-7-15-13(2,3)4/h9,15H,6-8H2,1-5H3,(H,14,18). The van der Waals surface area contributed by atoms with Crippen LogP contribution in [0.2, 0.25) is 0 Å². The van der Waals surface area contributed by atoms with E-state index in [2.05, 4.69) is 36.5 Å². The van der Waals surface area contributed by atoms with E-state index < -0.39 is 0 Å². The van der Waals surface area contributed by atoms with Gasteiger partial charge in [-0.2, -0.15) is 5.10 Å². The summed E-state index contributed by atoms with van der Waals surface area (Å²) in [6.07, 6.45) is 2.29. The van der Waals surface area contributed by atoms with Crippen LogP contribution in [0.1, 0.15) is 38.4 Å². The highest BCUT2D eigenvalue weighted by atomic mass is 16.1. The van der Waals surface area contributed by atoms with Crippen LogP contribution in [0.3, 0.4) is 0 Å². The Morgan fingerprint density at radius 3 is 2.61 bits per heavy atom. The molecule has 1 aromatic heterocycles. The molecule has 0 saturated heterocycles. The van der Waals surface area contributed by atoms with Crippen LogP contribution in [0.15, 0.2) is 6.20 Å². The van der Waals surface area contributed by atoms with E-state index >= 15 is 0 Å². The van der Waals surface area contributed by atoms with Crippen molar-refractivity contribution in [3.8, 4) is 0 Å². The van der Waals surface area contributed by atoms with Gasteiger partial charge in [-0.3, -0.25) is 9.48 Å². The van der Waals surface area contributed by atoms with E-state index in [4.69, 9.17) is 0 Å². The Hall–Kier alpha value is -1.36. The molecular weight excluding hydrogens is 228 g/mol. The van der Waals surface area contributed by atoms with Gasteiger partial charge in [0.2, 0.25) is 5.91 Å². The molecular formula is C13H24N4O. The van der Waals surface area contributed by atoms with Gasteiger partial charge in [0.05, 0.1) is 6.20 Å². The van der Waals surface area contributed by atoms with E-state index in [-0.39, 0.29) is 11.4 Å². The molecule has 0 atom stereocenters. The number of nitrogens with one attached hydrogen (secondary N) is 2. The van der Waals surface area contributed by atoms with Gasteiger partial charge in [-0.05, 0) is 27.7 Å². The molecule has 1 aromatic rings. The number of hydrogen-bond donors (Lipinski definition) is 2. The molecule has 0 unspecified atom stereocenters. The summed E-state index contributed by atoms with van der Waals surface area (Å²) in [4.78, 5) is 11.6. The quantitative estimate of drug-likeness (QED) is 0.825. The topological polar surface area (TPSA) is 59.0 Å². The first-order valence-corrected chi connectivity index (χ1v) is 6.29. The number of rotatable bonds is 5. The maximum atomic E-state index is 11.6. The minimum absolute atomic E-state index is 0.0558. The minimum atomic E-state index is 0.0558. The molecule has 1 heterocycles. The number of hydrogen-bond acceptors (Lipinski definition) is 3. The van der Waals surface area contributed by atoms with Crippen molar-refractivity contribution < 1.29 is 4.79 Å². The first-order chi connectivity index (χ1) is 8.29. The molecule has 0 saturated carbocycles. The number of aryl methyl sites for hydroxylation is 1. The average Bonchev–Trinajstić information content (AvgIpc) is 2.55. The molecule has 102 valence electrons. The predicted octanol–water partition coefficient (Wildman–Crippen LogP) is 1.12. The van der Waals surface area contributed by atoms with E-state index in [1.165, 1.54) is 0 Å². The molecule has 0 aromatic carbocycles. The Balaban J connectivity index is 2.27. The highest BCUT2D eigenvalue weighted by Crippen LogP contribution is 2.04. The Kier molecular flexibility index (Phi) is 4.90. The molecule has 0 radical (unpaired) electrons. The van der Waals surface area contributed by atoms with Gasteiger partial charge < -0.3 is 10.6 Å². The lowest BCUT2D eigenvalue weighted by molar-refractivity contribution is -0.121. The van der Waals surface area contributed by atoms with Gasteiger partial charge in [-0.15, -0.1) is 0 Å². The lowest BCUT2D eigenvalue weighted by Gasteiger charge is -2.20. The van der Waals surface area contributed by atoms with Gasteiger partial charge in [0.1, 0.15) is 0 Å². The highest BCUT2D eigenvalue weighted by Gasteiger charge is 2.10. The second-order valence-corrected chi connectivity index (χ2v) is 5.58. The first kappa shape index (κ1) is 14.7. The zero-order valence-corrected chi connectivity index (χ0v) is 12.0. The Bertz CT molecular complexity index is 404. The van der Waals surface area contributed by atoms with E-state index in [0.717, 1.165) is 11.3 Å². The fourth-order valence-electron chi connectivity index (χ4n) is 1.55. The average molecular weight is 252 g/mol. The Morgan fingerprint density at radius 2 is 2.11 bits per heavy atom. The summed E-state index contributed by atoms with van der Waals surface area (Å²) in [5.41, 5.74) is 2.21. The van der Waals surface area contributed by atoms with Crippen molar-refractivity contribution in [1.82, 2.24) is 20.4 Å².